The number of hydrogen-bond acceptors (Lipinski definition) is 8. The summed E-state index contributed by atoms with van der Waals surface area (Å²) >= 11 is 1.59. The minimum absolute atomic E-state index is 0.449. The lowest BCUT2D eigenvalue weighted by Gasteiger charge is -2.05. The maximum Gasteiger partial charge on any atom is 0.216 e. The number of rotatable bonds is 10. The molecular weight excluding hydrogens is 390 g/mol. The Morgan fingerprint density at radius 1 is 1.14 bits per heavy atom. The Labute approximate surface area is 171 Å². The van der Waals surface area contributed by atoms with Gasteiger partial charge in [0.1, 0.15) is 28.9 Å². The van der Waals surface area contributed by atoms with Crippen LogP contribution in [0, 0.1) is 0 Å². The van der Waals surface area contributed by atoms with E-state index in [0.29, 0.717) is 24.7 Å². The summed E-state index contributed by atoms with van der Waals surface area (Å²) in [5.74, 6) is 3.65. The van der Waals surface area contributed by atoms with E-state index >= 15 is 0 Å². The second kappa shape index (κ2) is 9.35. The molecule has 0 aliphatic heterocycles. The number of aromatic nitrogens is 4. The van der Waals surface area contributed by atoms with Crippen LogP contribution in [0.3, 0.4) is 0 Å². The molecule has 0 unspecified atom stereocenters. The molecule has 4 rings (SSSR count). The molecule has 3 heterocycles. The molecule has 8 nitrogen and oxygen atoms in total. The highest BCUT2D eigenvalue weighted by atomic mass is 32.1. The van der Waals surface area contributed by atoms with Crippen LogP contribution < -0.4 is 14.8 Å². The molecule has 0 spiro atoms. The molecule has 1 aromatic carbocycles. The van der Waals surface area contributed by atoms with Gasteiger partial charge in [0.25, 0.3) is 0 Å². The summed E-state index contributed by atoms with van der Waals surface area (Å²) in [6.45, 7) is 1.91. The molecule has 0 atom stereocenters. The molecule has 3 aromatic heterocycles. The Morgan fingerprint density at radius 2 is 2.00 bits per heavy atom. The summed E-state index contributed by atoms with van der Waals surface area (Å²) in [5, 5.41) is 13.5. The van der Waals surface area contributed by atoms with Crippen molar-refractivity contribution in [1.82, 2.24) is 25.5 Å². The van der Waals surface area contributed by atoms with Crippen LogP contribution in [0.2, 0.25) is 0 Å². The third-order valence-electron chi connectivity index (χ3n) is 4.14. The fourth-order valence-corrected chi connectivity index (χ4v) is 3.36. The molecular formula is C20H21N5O3S. The maximum absolute atomic E-state index is 5.77. The number of ether oxygens (including phenoxy) is 2. The molecule has 29 heavy (non-hydrogen) atoms. The van der Waals surface area contributed by atoms with Crippen molar-refractivity contribution in [3.8, 4) is 23.1 Å². The summed E-state index contributed by atoms with van der Waals surface area (Å²) in [6.07, 6.45) is 2.35. The molecule has 0 bridgehead atoms. The van der Waals surface area contributed by atoms with Gasteiger partial charge in [-0.25, -0.2) is 9.97 Å². The molecule has 0 saturated carbocycles. The number of aromatic amines is 1. The largest absolute Gasteiger partial charge is 0.497 e. The fraction of sp³-hybridized carbons (Fsp3) is 0.250. The number of hydrogen-bond donors (Lipinski definition) is 2. The van der Waals surface area contributed by atoms with Gasteiger partial charge in [-0.3, -0.25) is 5.10 Å². The van der Waals surface area contributed by atoms with E-state index in [9.17, 15) is 0 Å². The molecule has 0 radical (unpaired) electrons. The van der Waals surface area contributed by atoms with Gasteiger partial charge < -0.3 is 19.2 Å². The van der Waals surface area contributed by atoms with Gasteiger partial charge in [-0.05, 0) is 36.4 Å². The molecule has 0 fully saturated rings. The number of nitrogens with one attached hydrogen (secondary N) is 2. The fourth-order valence-electron chi connectivity index (χ4n) is 2.66. The van der Waals surface area contributed by atoms with E-state index in [2.05, 4.69) is 25.5 Å². The number of H-pyrrole nitrogens is 1. The van der Waals surface area contributed by atoms with Crippen LogP contribution in [-0.4, -0.2) is 33.8 Å². The number of thiazole rings is 1. The van der Waals surface area contributed by atoms with Gasteiger partial charge in [0.05, 0.1) is 19.1 Å². The summed E-state index contributed by atoms with van der Waals surface area (Å²) in [7, 11) is 1.64. The predicted octanol–water partition coefficient (Wildman–Crippen LogP) is 3.44. The van der Waals surface area contributed by atoms with Crippen LogP contribution in [0.1, 0.15) is 16.5 Å². The first-order chi connectivity index (χ1) is 14.3. The first-order valence-electron chi connectivity index (χ1n) is 9.16. The minimum Gasteiger partial charge on any atom is -0.497 e. The molecule has 0 aliphatic carbocycles. The van der Waals surface area contributed by atoms with E-state index in [4.69, 9.17) is 13.9 Å². The van der Waals surface area contributed by atoms with E-state index in [1.165, 1.54) is 0 Å². The van der Waals surface area contributed by atoms with Crippen molar-refractivity contribution in [3.63, 3.8) is 0 Å². The Balaban J connectivity index is 1.18. The van der Waals surface area contributed by atoms with E-state index in [1.54, 1.807) is 24.7 Å². The van der Waals surface area contributed by atoms with E-state index < -0.39 is 0 Å². The second-order valence-corrected chi connectivity index (χ2v) is 7.15. The Morgan fingerprint density at radius 3 is 2.79 bits per heavy atom. The average Bonchev–Trinajstić information content (AvgIpc) is 3.52. The standard InChI is InChI=1S/C20H21N5O3S/c1-26-15-4-6-16(7-5-15)28-12-19-22-14(13-29-19)11-21-9-8-18-23-20(25-24-18)17-3-2-10-27-17/h2-7,10,13,21H,8-9,11-12H2,1H3,(H,23,24,25). The van der Waals surface area contributed by atoms with Crippen LogP contribution in [0.5, 0.6) is 11.5 Å². The number of methoxy groups -OCH3 is 1. The SMILES string of the molecule is COc1ccc(OCc2nc(CNCCc3nc(-c4ccco4)n[nH]3)cs2)cc1. The molecule has 150 valence electrons. The first kappa shape index (κ1) is 19.2. The van der Waals surface area contributed by atoms with Crippen LogP contribution in [0.4, 0.5) is 0 Å². The molecule has 2 N–H and O–H groups in total. The van der Waals surface area contributed by atoms with Crippen LogP contribution in [0.15, 0.2) is 52.5 Å². The summed E-state index contributed by atoms with van der Waals surface area (Å²) in [6, 6.07) is 11.2. The highest BCUT2D eigenvalue weighted by molar-refractivity contribution is 7.09. The van der Waals surface area contributed by atoms with E-state index in [1.807, 2.05) is 41.8 Å². The van der Waals surface area contributed by atoms with Crippen molar-refractivity contribution in [1.29, 1.82) is 0 Å². The average molecular weight is 411 g/mol. The van der Waals surface area contributed by atoms with Crippen molar-refractivity contribution in [2.24, 2.45) is 0 Å². The maximum atomic E-state index is 5.77. The zero-order valence-corrected chi connectivity index (χ0v) is 16.7. The summed E-state index contributed by atoms with van der Waals surface area (Å²) in [4.78, 5) is 9.03. The third-order valence-corrected chi connectivity index (χ3v) is 5.01. The highest BCUT2D eigenvalue weighted by Crippen LogP contribution is 2.19. The molecule has 0 aliphatic rings. The molecule has 0 saturated heterocycles. The lowest BCUT2D eigenvalue weighted by molar-refractivity contribution is 0.304. The summed E-state index contributed by atoms with van der Waals surface area (Å²) in [5.41, 5.74) is 0.997. The Kier molecular flexibility index (Phi) is 6.18. The van der Waals surface area contributed by atoms with Gasteiger partial charge >= 0.3 is 0 Å². The summed E-state index contributed by atoms with van der Waals surface area (Å²) < 4.78 is 16.2. The second-order valence-electron chi connectivity index (χ2n) is 6.21. The van der Waals surface area contributed by atoms with Crippen LogP contribution >= 0.6 is 11.3 Å². The van der Waals surface area contributed by atoms with Gasteiger partial charge in [0, 0.05) is 24.9 Å². The van der Waals surface area contributed by atoms with Crippen molar-refractivity contribution in [3.05, 3.63) is 64.6 Å². The van der Waals surface area contributed by atoms with Gasteiger partial charge in [0.2, 0.25) is 5.82 Å². The van der Waals surface area contributed by atoms with Gasteiger partial charge in [-0.2, -0.15) is 5.10 Å². The lowest BCUT2D eigenvalue weighted by atomic mass is 10.3. The Bertz CT molecular complexity index is 1010. The zero-order valence-electron chi connectivity index (χ0n) is 15.9. The number of benzene rings is 1. The first-order valence-corrected chi connectivity index (χ1v) is 10.0. The van der Waals surface area contributed by atoms with E-state index in [-0.39, 0.29) is 0 Å². The van der Waals surface area contributed by atoms with E-state index in [0.717, 1.165) is 41.0 Å². The van der Waals surface area contributed by atoms with Gasteiger partial charge in [0.15, 0.2) is 5.76 Å². The molecule has 9 heteroatoms. The van der Waals surface area contributed by atoms with Crippen molar-refractivity contribution in [2.75, 3.05) is 13.7 Å². The normalized spacial score (nSPS) is 10.9. The Hall–Kier alpha value is -3.17. The van der Waals surface area contributed by atoms with Gasteiger partial charge in [-0.15, -0.1) is 11.3 Å². The third kappa shape index (κ3) is 5.21. The predicted molar refractivity (Wildman–Crippen MR) is 109 cm³/mol. The van der Waals surface area contributed by atoms with Crippen molar-refractivity contribution >= 4 is 11.3 Å². The van der Waals surface area contributed by atoms with Crippen molar-refractivity contribution < 1.29 is 13.9 Å². The zero-order chi connectivity index (χ0) is 19.9. The number of furan rings is 1. The minimum atomic E-state index is 0.449. The van der Waals surface area contributed by atoms with Gasteiger partial charge in [-0.1, -0.05) is 0 Å². The molecule has 4 aromatic rings. The van der Waals surface area contributed by atoms with Crippen molar-refractivity contribution in [2.45, 2.75) is 19.6 Å². The molecule has 0 amide bonds. The topological polar surface area (TPSA) is 98.1 Å². The van der Waals surface area contributed by atoms with Crippen LogP contribution in [-0.2, 0) is 19.6 Å². The monoisotopic (exact) mass is 411 g/mol. The lowest BCUT2D eigenvalue weighted by Crippen LogP contribution is -2.17. The smallest absolute Gasteiger partial charge is 0.216 e. The highest BCUT2D eigenvalue weighted by Gasteiger charge is 2.08. The number of nitrogens with zero attached hydrogens (tertiary/aromatic N) is 3. The van der Waals surface area contributed by atoms with Crippen LogP contribution in [0.25, 0.3) is 11.6 Å². The quantitative estimate of drug-likeness (QED) is 0.386.